The average molecular weight is 252 g/mol. The number of unbranched alkanes of at least 4 members (excludes halogenated alkanes) is 3. The first-order valence-electron chi connectivity index (χ1n) is 8.34. The fourth-order valence-electron chi connectivity index (χ4n) is 2.68. The molecule has 2 rings (SSSR count). The molecule has 0 aliphatic heterocycles. The molecular formula is C16H32N2. The third-order valence-corrected chi connectivity index (χ3v) is 4.16. The lowest BCUT2D eigenvalue weighted by molar-refractivity contribution is 0.257. The molecule has 0 heterocycles. The maximum absolute atomic E-state index is 3.60. The van der Waals surface area contributed by atoms with E-state index in [1.54, 1.807) is 0 Å². The molecule has 2 nitrogen and oxygen atoms in total. The zero-order valence-electron chi connectivity index (χ0n) is 12.3. The molecular weight excluding hydrogens is 220 g/mol. The van der Waals surface area contributed by atoms with Crippen LogP contribution in [0.2, 0.25) is 0 Å². The van der Waals surface area contributed by atoms with Gasteiger partial charge >= 0.3 is 0 Å². The standard InChI is InChI=1S/C16H32N2/c1-2-12-18(14-15-7-8-15)13-6-4-3-5-11-17-16-9-10-16/h15-17H,2-14H2,1H3. The van der Waals surface area contributed by atoms with Crippen molar-refractivity contribution in [1.29, 1.82) is 0 Å². The highest BCUT2D eigenvalue weighted by molar-refractivity contribution is 4.80. The Morgan fingerprint density at radius 1 is 0.944 bits per heavy atom. The first-order chi connectivity index (χ1) is 8.88. The zero-order valence-corrected chi connectivity index (χ0v) is 12.3. The molecule has 0 spiro atoms. The van der Waals surface area contributed by atoms with Gasteiger partial charge in [0.25, 0.3) is 0 Å². The van der Waals surface area contributed by atoms with E-state index < -0.39 is 0 Å². The van der Waals surface area contributed by atoms with E-state index in [4.69, 9.17) is 0 Å². The molecule has 2 heteroatoms. The molecule has 0 atom stereocenters. The summed E-state index contributed by atoms with van der Waals surface area (Å²) >= 11 is 0. The van der Waals surface area contributed by atoms with E-state index >= 15 is 0 Å². The van der Waals surface area contributed by atoms with Crippen LogP contribution in [0.3, 0.4) is 0 Å². The molecule has 2 saturated carbocycles. The molecule has 18 heavy (non-hydrogen) atoms. The number of nitrogens with zero attached hydrogens (tertiary/aromatic N) is 1. The van der Waals surface area contributed by atoms with Gasteiger partial charge in [0, 0.05) is 12.6 Å². The van der Waals surface area contributed by atoms with Gasteiger partial charge in [-0.15, -0.1) is 0 Å². The van der Waals surface area contributed by atoms with Crippen molar-refractivity contribution < 1.29 is 0 Å². The Kier molecular flexibility index (Phi) is 6.50. The van der Waals surface area contributed by atoms with E-state index in [0.717, 1.165) is 12.0 Å². The van der Waals surface area contributed by atoms with Crippen molar-refractivity contribution in [1.82, 2.24) is 10.2 Å². The minimum absolute atomic E-state index is 0.892. The van der Waals surface area contributed by atoms with Crippen molar-refractivity contribution in [2.24, 2.45) is 5.92 Å². The maximum Gasteiger partial charge on any atom is 0.00682 e. The van der Waals surface area contributed by atoms with E-state index in [2.05, 4.69) is 17.1 Å². The van der Waals surface area contributed by atoms with E-state index in [1.165, 1.54) is 84.0 Å². The van der Waals surface area contributed by atoms with Gasteiger partial charge in [0.15, 0.2) is 0 Å². The normalized spacial score (nSPS) is 19.7. The molecule has 0 unspecified atom stereocenters. The minimum Gasteiger partial charge on any atom is -0.314 e. The maximum atomic E-state index is 3.60. The Morgan fingerprint density at radius 2 is 1.72 bits per heavy atom. The second-order valence-electron chi connectivity index (χ2n) is 6.39. The smallest absolute Gasteiger partial charge is 0.00682 e. The first kappa shape index (κ1) is 14.3. The van der Waals surface area contributed by atoms with Gasteiger partial charge in [0.2, 0.25) is 0 Å². The topological polar surface area (TPSA) is 15.3 Å². The number of nitrogens with one attached hydrogen (secondary N) is 1. The van der Waals surface area contributed by atoms with Gasteiger partial charge in [-0.3, -0.25) is 0 Å². The van der Waals surface area contributed by atoms with Crippen LogP contribution >= 0.6 is 0 Å². The lowest BCUT2D eigenvalue weighted by atomic mass is 10.2. The average Bonchev–Trinajstić information content (AvgIpc) is 3.23. The van der Waals surface area contributed by atoms with Crippen LogP contribution in [-0.4, -0.2) is 37.1 Å². The summed E-state index contributed by atoms with van der Waals surface area (Å²) in [4.78, 5) is 2.71. The molecule has 2 aliphatic carbocycles. The number of rotatable bonds is 12. The van der Waals surface area contributed by atoms with E-state index in [0.29, 0.717) is 0 Å². The molecule has 0 aromatic carbocycles. The van der Waals surface area contributed by atoms with Crippen molar-refractivity contribution in [3.8, 4) is 0 Å². The summed E-state index contributed by atoms with van der Waals surface area (Å²) in [5.41, 5.74) is 0. The van der Waals surface area contributed by atoms with Gasteiger partial charge in [-0.2, -0.15) is 0 Å². The Hall–Kier alpha value is -0.0800. The molecule has 2 fully saturated rings. The summed E-state index contributed by atoms with van der Waals surface area (Å²) in [5, 5.41) is 3.60. The van der Waals surface area contributed by atoms with Gasteiger partial charge < -0.3 is 10.2 Å². The van der Waals surface area contributed by atoms with Crippen molar-refractivity contribution in [2.45, 2.75) is 70.8 Å². The van der Waals surface area contributed by atoms with Gasteiger partial charge in [-0.25, -0.2) is 0 Å². The van der Waals surface area contributed by atoms with Crippen LogP contribution in [0.15, 0.2) is 0 Å². The summed E-state index contributed by atoms with van der Waals surface area (Å²) in [6.45, 7) is 7.62. The summed E-state index contributed by atoms with van der Waals surface area (Å²) in [7, 11) is 0. The molecule has 0 aromatic heterocycles. The third-order valence-electron chi connectivity index (χ3n) is 4.16. The van der Waals surface area contributed by atoms with Gasteiger partial charge in [-0.1, -0.05) is 19.8 Å². The second-order valence-corrected chi connectivity index (χ2v) is 6.39. The van der Waals surface area contributed by atoms with Crippen molar-refractivity contribution >= 4 is 0 Å². The number of hydrogen-bond donors (Lipinski definition) is 1. The van der Waals surface area contributed by atoms with Crippen LogP contribution in [0, 0.1) is 5.92 Å². The van der Waals surface area contributed by atoms with Crippen molar-refractivity contribution in [3.63, 3.8) is 0 Å². The fraction of sp³-hybridized carbons (Fsp3) is 1.00. The second kappa shape index (κ2) is 8.16. The van der Waals surface area contributed by atoms with E-state index in [-0.39, 0.29) is 0 Å². The highest BCUT2D eigenvalue weighted by Gasteiger charge is 2.23. The molecule has 0 amide bonds. The largest absolute Gasteiger partial charge is 0.314 e. The summed E-state index contributed by atoms with van der Waals surface area (Å²) in [6, 6.07) is 0.892. The Labute approximate surface area is 114 Å². The summed E-state index contributed by atoms with van der Waals surface area (Å²) < 4.78 is 0. The van der Waals surface area contributed by atoms with Crippen LogP contribution in [0.4, 0.5) is 0 Å². The van der Waals surface area contributed by atoms with E-state index in [9.17, 15) is 0 Å². The molecule has 2 aliphatic rings. The molecule has 0 bridgehead atoms. The quantitative estimate of drug-likeness (QED) is 0.535. The highest BCUT2D eigenvalue weighted by Crippen LogP contribution is 2.29. The lowest BCUT2D eigenvalue weighted by Crippen LogP contribution is -2.28. The SMILES string of the molecule is CCCN(CCCCCCNC1CC1)CC1CC1. The summed E-state index contributed by atoms with van der Waals surface area (Å²) in [6.07, 6.45) is 12.8. The Morgan fingerprint density at radius 3 is 2.39 bits per heavy atom. The van der Waals surface area contributed by atoms with Gasteiger partial charge in [0.1, 0.15) is 0 Å². The fourth-order valence-corrected chi connectivity index (χ4v) is 2.68. The molecule has 106 valence electrons. The predicted octanol–water partition coefficient (Wildman–Crippen LogP) is 3.42. The zero-order chi connectivity index (χ0) is 12.6. The molecule has 0 aromatic rings. The van der Waals surface area contributed by atoms with Crippen LogP contribution in [-0.2, 0) is 0 Å². The minimum atomic E-state index is 0.892. The van der Waals surface area contributed by atoms with E-state index in [1.807, 2.05) is 0 Å². The van der Waals surface area contributed by atoms with Crippen LogP contribution in [0.5, 0.6) is 0 Å². The number of hydrogen-bond acceptors (Lipinski definition) is 2. The highest BCUT2D eigenvalue weighted by atomic mass is 15.1. The van der Waals surface area contributed by atoms with Crippen LogP contribution in [0.1, 0.15) is 64.7 Å². The Bertz CT molecular complexity index is 209. The molecule has 1 N–H and O–H groups in total. The summed E-state index contributed by atoms with van der Waals surface area (Å²) in [5.74, 6) is 1.05. The molecule has 0 saturated heterocycles. The molecule has 0 radical (unpaired) electrons. The Balaban J connectivity index is 1.39. The third kappa shape index (κ3) is 6.75. The van der Waals surface area contributed by atoms with Gasteiger partial charge in [0.05, 0.1) is 0 Å². The predicted molar refractivity (Wildman–Crippen MR) is 78.9 cm³/mol. The monoisotopic (exact) mass is 252 g/mol. The first-order valence-corrected chi connectivity index (χ1v) is 8.34. The van der Waals surface area contributed by atoms with Crippen molar-refractivity contribution in [2.75, 3.05) is 26.2 Å². The lowest BCUT2D eigenvalue weighted by Gasteiger charge is -2.21. The van der Waals surface area contributed by atoms with Crippen LogP contribution in [0.25, 0.3) is 0 Å². The van der Waals surface area contributed by atoms with Crippen molar-refractivity contribution in [3.05, 3.63) is 0 Å². The van der Waals surface area contributed by atoms with Crippen LogP contribution < -0.4 is 5.32 Å². The van der Waals surface area contributed by atoms with Gasteiger partial charge in [-0.05, 0) is 70.5 Å².